The van der Waals surface area contributed by atoms with Crippen molar-refractivity contribution in [1.29, 1.82) is 0 Å². The number of ether oxygens (including phenoxy) is 1. The lowest BCUT2D eigenvalue weighted by Gasteiger charge is -2.12. The van der Waals surface area contributed by atoms with Crippen molar-refractivity contribution in [2.75, 3.05) is 0 Å². The highest BCUT2D eigenvalue weighted by Gasteiger charge is 2.17. The summed E-state index contributed by atoms with van der Waals surface area (Å²) < 4.78 is 11.8. The molecule has 3 rings (SSSR count). The predicted molar refractivity (Wildman–Crippen MR) is 83.5 cm³/mol. The number of rotatable bonds is 4. The van der Waals surface area contributed by atoms with Gasteiger partial charge in [-0.05, 0) is 25.1 Å². The van der Waals surface area contributed by atoms with Crippen LogP contribution < -0.4 is 4.74 Å². The van der Waals surface area contributed by atoms with Gasteiger partial charge in [0.1, 0.15) is 12.1 Å². The van der Waals surface area contributed by atoms with E-state index in [9.17, 15) is 0 Å². The van der Waals surface area contributed by atoms with Crippen molar-refractivity contribution in [2.45, 2.75) is 13.0 Å². The molecule has 0 saturated heterocycles. The van der Waals surface area contributed by atoms with Crippen LogP contribution in [0, 0.1) is 0 Å². The van der Waals surface area contributed by atoms with E-state index in [0.717, 1.165) is 4.47 Å². The Balaban J connectivity index is 1.78. The Hall–Kier alpha value is -1.99. The third-order valence-corrected chi connectivity index (χ3v) is 3.60. The summed E-state index contributed by atoms with van der Waals surface area (Å²) >= 11 is 9.47. The van der Waals surface area contributed by atoms with E-state index in [1.54, 1.807) is 24.5 Å². The Labute approximate surface area is 139 Å². The Kier molecular flexibility index (Phi) is 4.35. The van der Waals surface area contributed by atoms with Crippen LogP contribution in [0.25, 0.3) is 11.5 Å². The average Bonchev–Trinajstić information content (AvgIpc) is 3.01. The number of aromatic nitrogens is 4. The Morgan fingerprint density at radius 3 is 2.77 bits per heavy atom. The van der Waals surface area contributed by atoms with E-state index >= 15 is 0 Å². The molecule has 0 aliphatic rings. The number of benzene rings is 1. The van der Waals surface area contributed by atoms with Crippen LogP contribution in [0.4, 0.5) is 0 Å². The molecule has 2 heterocycles. The second-order valence-corrected chi connectivity index (χ2v) is 5.74. The van der Waals surface area contributed by atoms with Gasteiger partial charge in [-0.25, -0.2) is 9.97 Å². The second-order valence-electron chi connectivity index (χ2n) is 4.42. The Bertz CT molecular complexity index is 782. The molecular formula is C14H10BrClN4O2. The van der Waals surface area contributed by atoms with Crippen LogP contribution in [0.2, 0.25) is 5.02 Å². The average molecular weight is 382 g/mol. The first-order valence-electron chi connectivity index (χ1n) is 6.34. The first kappa shape index (κ1) is 14.9. The van der Waals surface area contributed by atoms with E-state index in [0.29, 0.717) is 28.1 Å². The van der Waals surface area contributed by atoms with Gasteiger partial charge in [-0.15, -0.1) is 0 Å². The van der Waals surface area contributed by atoms with Crippen molar-refractivity contribution < 1.29 is 9.26 Å². The molecule has 0 aliphatic heterocycles. The molecule has 0 radical (unpaired) electrons. The first-order valence-corrected chi connectivity index (χ1v) is 7.51. The van der Waals surface area contributed by atoms with Crippen LogP contribution in [0.15, 0.2) is 45.9 Å². The van der Waals surface area contributed by atoms with Gasteiger partial charge in [0, 0.05) is 16.9 Å². The molecule has 0 spiro atoms. The third-order valence-electron chi connectivity index (χ3n) is 2.81. The van der Waals surface area contributed by atoms with E-state index in [2.05, 4.69) is 36.0 Å². The van der Waals surface area contributed by atoms with Crippen molar-refractivity contribution in [2.24, 2.45) is 0 Å². The molecule has 0 bridgehead atoms. The van der Waals surface area contributed by atoms with E-state index in [-0.39, 0.29) is 0 Å². The summed E-state index contributed by atoms with van der Waals surface area (Å²) in [7, 11) is 0. The van der Waals surface area contributed by atoms with Gasteiger partial charge < -0.3 is 9.26 Å². The maximum Gasteiger partial charge on any atom is 0.261 e. The first-order chi connectivity index (χ1) is 10.6. The van der Waals surface area contributed by atoms with Crippen LogP contribution in [0.5, 0.6) is 5.75 Å². The maximum absolute atomic E-state index is 6.13. The number of hydrogen-bond acceptors (Lipinski definition) is 6. The molecule has 0 saturated carbocycles. The zero-order valence-corrected chi connectivity index (χ0v) is 13.7. The molecule has 112 valence electrons. The molecule has 6 nitrogen and oxygen atoms in total. The van der Waals surface area contributed by atoms with Gasteiger partial charge in [-0.2, -0.15) is 4.98 Å². The molecule has 1 unspecified atom stereocenters. The SMILES string of the molecule is CC(Oc1ccc(Br)cc1Cl)c1noc(-c2cncnc2)n1. The lowest BCUT2D eigenvalue weighted by Crippen LogP contribution is -2.05. The Morgan fingerprint density at radius 2 is 2.05 bits per heavy atom. The minimum Gasteiger partial charge on any atom is -0.481 e. The smallest absolute Gasteiger partial charge is 0.261 e. The molecule has 3 aromatic rings. The summed E-state index contributed by atoms with van der Waals surface area (Å²) in [6.45, 7) is 1.81. The fraction of sp³-hybridized carbons (Fsp3) is 0.143. The van der Waals surface area contributed by atoms with Crippen LogP contribution >= 0.6 is 27.5 Å². The highest BCUT2D eigenvalue weighted by Crippen LogP contribution is 2.31. The van der Waals surface area contributed by atoms with Gasteiger partial charge in [0.15, 0.2) is 6.10 Å². The Morgan fingerprint density at radius 1 is 1.27 bits per heavy atom. The summed E-state index contributed by atoms with van der Waals surface area (Å²) in [6, 6.07) is 5.37. The normalized spacial score (nSPS) is 12.1. The van der Waals surface area contributed by atoms with E-state index in [1.807, 2.05) is 13.0 Å². The van der Waals surface area contributed by atoms with E-state index in [1.165, 1.54) is 6.33 Å². The summed E-state index contributed by atoms with van der Waals surface area (Å²) in [5.41, 5.74) is 0.648. The monoisotopic (exact) mass is 380 g/mol. The summed E-state index contributed by atoms with van der Waals surface area (Å²) in [6.07, 6.45) is 4.21. The second kappa shape index (κ2) is 6.41. The van der Waals surface area contributed by atoms with Crippen LogP contribution in [0.1, 0.15) is 18.9 Å². The fourth-order valence-corrected chi connectivity index (χ4v) is 2.46. The zero-order chi connectivity index (χ0) is 15.5. The van der Waals surface area contributed by atoms with Gasteiger partial charge in [0.25, 0.3) is 5.89 Å². The molecule has 0 aliphatic carbocycles. The third kappa shape index (κ3) is 3.26. The fourth-order valence-electron chi connectivity index (χ4n) is 1.74. The lowest BCUT2D eigenvalue weighted by molar-refractivity contribution is 0.211. The summed E-state index contributed by atoms with van der Waals surface area (Å²) in [4.78, 5) is 12.1. The van der Waals surface area contributed by atoms with Crippen LogP contribution in [0.3, 0.4) is 0 Å². The minimum atomic E-state index is -0.416. The van der Waals surface area contributed by atoms with Crippen molar-refractivity contribution in [3.63, 3.8) is 0 Å². The highest BCUT2D eigenvalue weighted by molar-refractivity contribution is 9.10. The molecule has 22 heavy (non-hydrogen) atoms. The van der Waals surface area contributed by atoms with Crippen molar-refractivity contribution >= 4 is 27.5 Å². The molecule has 0 fully saturated rings. The standard InChI is InChI=1S/C14H10BrClN4O2/c1-8(21-12-3-2-10(15)4-11(12)16)13-19-14(22-20-13)9-5-17-7-18-6-9/h2-8H,1H3. The summed E-state index contributed by atoms with van der Waals surface area (Å²) in [5, 5.41) is 4.42. The molecule has 2 aromatic heterocycles. The van der Waals surface area contributed by atoms with Gasteiger partial charge in [-0.3, -0.25) is 0 Å². The van der Waals surface area contributed by atoms with Crippen LogP contribution in [-0.4, -0.2) is 20.1 Å². The van der Waals surface area contributed by atoms with Crippen molar-refractivity contribution in [3.05, 3.63) is 52.2 Å². The number of nitrogens with zero attached hydrogens (tertiary/aromatic N) is 4. The van der Waals surface area contributed by atoms with Crippen molar-refractivity contribution in [3.8, 4) is 17.2 Å². The van der Waals surface area contributed by atoms with Gasteiger partial charge >= 0.3 is 0 Å². The highest BCUT2D eigenvalue weighted by atomic mass is 79.9. The van der Waals surface area contributed by atoms with Gasteiger partial charge in [-0.1, -0.05) is 32.7 Å². The quantitative estimate of drug-likeness (QED) is 0.678. The van der Waals surface area contributed by atoms with E-state index < -0.39 is 6.10 Å². The summed E-state index contributed by atoms with van der Waals surface area (Å²) in [5.74, 6) is 1.30. The molecule has 1 atom stereocenters. The lowest BCUT2D eigenvalue weighted by atomic mass is 10.3. The largest absolute Gasteiger partial charge is 0.481 e. The van der Waals surface area contributed by atoms with Crippen LogP contribution in [-0.2, 0) is 0 Å². The molecule has 1 aromatic carbocycles. The van der Waals surface area contributed by atoms with Gasteiger partial charge in [0.2, 0.25) is 5.82 Å². The topological polar surface area (TPSA) is 73.9 Å². The van der Waals surface area contributed by atoms with Crippen molar-refractivity contribution in [1.82, 2.24) is 20.1 Å². The predicted octanol–water partition coefficient (Wildman–Crippen LogP) is 4.08. The maximum atomic E-state index is 6.13. The number of hydrogen-bond donors (Lipinski definition) is 0. The van der Waals surface area contributed by atoms with E-state index in [4.69, 9.17) is 20.9 Å². The zero-order valence-electron chi connectivity index (χ0n) is 11.4. The molecule has 0 amide bonds. The molecular weight excluding hydrogens is 372 g/mol. The number of halogens is 2. The molecule has 0 N–H and O–H groups in total. The minimum absolute atomic E-state index is 0.341. The molecule has 8 heteroatoms. The van der Waals surface area contributed by atoms with Gasteiger partial charge in [0.05, 0.1) is 10.6 Å².